The lowest BCUT2D eigenvalue weighted by molar-refractivity contribution is 0.427. The maximum atomic E-state index is 11.4. The summed E-state index contributed by atoms with van der Waals surface area (Å²) in [6, 6.07) is 7.84. The number of hydrogen-bond acceptors (Lipinski definition) is 3. The van der Waals surface area contributed by atoms with E-state index >= 15 is 0 Å². The topological polar surface area (TPSA) is 87.8 Å². The number of guanidine groups is 1. The molecule has 0 aliphatic heterocycles. The number of rotatable bonds is 7. The van der Waals surface area contributed by atoms with Crippen molar-refractivity contribution in [3.05, 3.63) is 29.8 Å². The molecule has 0 aliphatic carbocycles. The first kappa shape index (κ1) is 17.5. The Labute approximate surface area is 127 Å². The number of nitrogens with zero attached hydrogens (tertiary/aromatic N) is 2. The normalized spacial score (nSPS) is 12.7. The van der Waals surface area contributed by atoms with Gasteiger partial charge in [-0.3, -0.25) is 4.99 Å². The van der Waals surface area contributed by atoms with Gasteiger partial charge in [-0.1, -0.05) is 19.1 Å². The van der Waals surface area contributed by atoms with Gasteiger partial charge in [0.1, 0.15) is 0 Å². The van der Waals surface area contributed by atoms with Crippen LogP contribution in [0.25, 0.3) is 0 Å². The number of sulfonamides is 1. The monoisotopic (exact) mass is 312 g/mol. The summed E-state index contributed by atoms with van der Waals surface area (Å²) in [7, 11) is -3.13. The molecular formula is C14H24N4O2S. The van der Waals surface area contributed by atoms with Crippen LogP contribution in [0.3, 0.4) is 0 Å². The first-order chi connectivity index (χ1) is 9.82. The average molecular weight is 312 g/mol. The Balaban J connectivity index is 2.43. The van der Waals surface area contributed by atoms with Crippen molar-refractivity contribution in [3.8, 4) is 0 Å². The zero-order valence-corrected chi connectivity index (χ0v) is 13.7. The molecule has 6 nitrogen and oxygen atoms in total. The highest BCUT2D eigenvalue weighted by Crippen LogP contribution is 2.08. The molecule has 0 atom stereocenters. The Morgan fingerprint density at radius 2 is 2.14 bits per heavy atom. The van der Waals surface area contributed by atoms with Gasteiger partial charge in [0.05, 0.1) is 6.26 Å². The Hall–Kier alpha value is -1.60. The summed E-state index contributed by atoms with van der Waals surface area (Å²) < 4.78 is 24.3. The first-order valence-electron chi connectivity index (χ1n) is 6.91. The van der Waals surface area contributed by atoms with E-state index in [-0.39, 0.29) is 0 Å². The lowest BCUT2D eigenvalue weighted by Gasteiger charge is -2.16. The van der Waals surface area contributed by atoms with Crippen LogP contribution in [0.1, 0.15) is 18.9 Å². The van der Waals surface area contributed by atoms with Crippen molar-refractivity contribution >= 4 is 21.7 Å². The molecule has 0 unspecified atom stereocenters. The van der Waals surface area contributed by atoms with Crippen molar-refractivity contribution in [2.45, 2.75) is 20.3 Å². The smallest absolute Gasteiger partial charge is 0.211 e. The molecule has 1 aromatic rings. The predicted octanol–water partition coefficient (Wildman–Crippen LogP) is 1.39. The van der Waals surface area contributed by atoms with Gasteiger partial charge < -0.3 is 11.1 Å². The molecular weight excluding hydrogens is 288 g/mol. The number of benzene rings is 1. The molecule has 0 amide bonds. The van der Waals surface area contributed by atoms with E-state index < -0.39 is 10.0 Å². The maximum absolute atomic E-state index is 11.4. The molecule has 0 aliphatic rings. The Kier molecular flexibility index (Phi) is 6.64. The SMILES string of the molecule is CCN(CCCN=C(N)Nc1cccc(C)c1)S(C)(=O)=O. The second-order valence-corrected chi connectivity index (χ2v) is 6.85. The fourth-order valence-corrected chi connectivity index (χ4v) is 2.85. The van der Waals surface area contributed by atoms with Crippen molar-refractivity contribution < 1.29 is 8.42 Å². The van der Waals surface area contributed by atoms with Crippen LogP contribution in [-0.2, 0) is 10.0 Å². The number of aliphatic imine (C=N–C) groups is 1. The Morgan fingerprint density at radius 1 is 1.43 bits per heavy atom. The Morgan fingerprint density at radius 3 is 2.71 bits per heavy atom. The second kappa shape index (κ2) is 7.99. The van der Waals surface area contributed by atoms with Crippen molar-refractivity contribution in [2.24, 2.45) is 10.7 Å². The van der Waals surface area contributed by atoms with Crippen molar-refractivity contribution in [1.29, 1.82) is 0 Å². The van der Waals surface area contributed by atoms with Crippen LogP contribution < -0.4 is 11.1 Å². The molecule has 0 bridgehead atoms. The lowest BCUT2D eigenvalue weighted by atomic mass is 10.2. The third-order valence-corrected chi connectivity index (χ3v) is 4.34. The molecule has 0 radical (unpaired) electrons. The van der Waals surface area contributed by atoms with Crippen molar-refractivity contribution in [3.63, 3.8) is 0 Å². The van der Waals surface area contributed by atoms with Gasteiger partial charge >= 0.3 is 0 Å². The summed E-state index contributed by atoms with van der Waals surface area (Å²) in [5, 5.41) is 3.01. The minimum absolute atomic E-state index is 0.336. The number of hydrogen-bond donors (Lipinski definition) is 2. The lowest BCUT2D eigenvalue weighted by Crippen LogP contribution is -2.31. The fourth-order valence-electron chi connectivity index (χ4n) is 1.92. The van der Waals surface area contributed by atoms with E-state index in [1.807, 2.05) is 38.1 Å². The van der Waals surface area contributed by atoms with Crippen LogP contribution in [0.2, 0.25) is 0 Å². The first-order valence-corrected chi connectivity index (χ1v) is 8.76. The minimum atomic E-state index is -3.13. The minimum Gasteiger partial charge on any atom is -0.370 e. The fraction of sp³-hybridized carbons (Fsp3) is 0.500. The second-order valence-electron chi connectivity index (χ2n) is 4.87. The zero-order chi connectivity index (χ0) is 15.9. The van der Waals surface area contributed by atoms with E-state index in [0.717, 1.165) is 11.3 Å². The molecule has 1 rings (SSSR count). The predicted molar refractivity (Wildman–Crippen MR) is 88.0 cm³/mol. The number of nitrogens with one attached hydrogen (secondary N) is 1. The quantitative estimate of drug-likeness (QED) is 0.452. The van der Waals surface area contributed by atoms with E-state index in [2.05, 4.69) is 10.3 Å². The molecule has 0 saturated carbocycles. The van der Waals surface area contributed by atoms with E-state index in [1.165, 1.54) is 10.6 Å². The van der Waals surface area contributed by atoms with Gasteiger partial charge in [-0.05, 0) is 31.0 Å². The van der Waals surface area contributed by atoms with E-state index in [0.29, 0.717) is 32.0 Å². The summed E-state index contributed by atoms with van der Waals surface area (Å²) in [5.74, 6) is 0.336. The summed E-state index contributed by atoms with van der Waals surface area (Å²) in [6.07, 6.45) is 1.85. The van der Waals surface area contributed by atoms with Crippen LogP contribution in [0.15, 0.2) is 29.3 Å². The van der Waals surface area contributed by atoms with Gasteiger partial charge in [-0.2, -0.15) is 0 Å². The number of nitrogens with two attached hydrogens (primary N) is 1. The number of aryl methyl sites for hydroxylation is 1. The molecule has 118 valence electrons. The highest BCUT2D eigenvalue weighted by molar-refractivity contribution is 7.88. The van der Waals surface area contributed by atoms with Crippen LogP contribution >= 0.6 is 0 Å². The van der Waals surface area contributed by atoms with Crippen molar-refractivity contribution in [2.75, 3.05) is 31.2 Å². The van der Waals surface area contributed by atoms with Gasteiger partial charge in [-0.15, -0.1) is 0 Å². The summed E-state index contributed by atoms with van der Waals surface area (Å²) >= 11 is 0. The summed E-state index contributed by atoms with van der Waals surface area (Å²) in [6.45, 7) is 5.23. The average Bonchev–Trinajstić information content (AvgIpc) is 2.37. The van der Waals surface area contributed by atoms with Gasteiger partial charge in [0.15, 0.2) is 5.96 Å². The van der Waals surface area contributed by atoms with Crippen LogP contribution in [-0.4, -0.2) is 44.6 Å². The maximum Gasteiger partial charge on any atom is 0.211 e. The van der Waals surface area contributed by atoms with Gasteiger partial charge in [0.2, 0.25) is 10.0 Å². The summed E-state index contributed by atoms with van der Waals surface area (Å²) in [5.41, 5.74) is 7.83. The number of anilines is 1. The molecule has 0 spiro atoms. The Bertz CT molecular complexity index is 584. The van der Waals surface area contributed by atoms with E-state index in [4.69, 9.17) is 5.73 Å². The molecule has 21 heavy (non-hydrogen) atoms. The van der Waals surface area contributed by atoms with Gasteiger partial charge in [0.25, 0.3) is 0 Å². The highest BCUT2D eigenvalue weighted by atomic mass is 32.2. The van der Waals surface area contributed by atoms with E-state index in [1.54, 1.807) is 0 Å². The van der Waals surface area contributed by atoms with E-state index in [9.17, 15) is 8.42 Å². The van der Waals surface area contributed by atoms with Crippen LogP contribution in [0.4, 0.5) is 5.69 Å². The molecule has 0 fully saturated rings. The van der Waals surface area contributed by atoms with Crippen LogP contribution in [0.5, 0.6) is 0 Å². The van der Waals surface area contributed by atoms with Gasteiger partial charge in [-0.25, -0.2) is 12.7 Å². The zero-order valence-electron chi connectivity index (χ0n) is 12.8. The highest BCUT2D eigenvalue weighted by Gasteiger charge is 2.12. The largest absolute Gasteiger partial charge is 0.370 e. The molecule has 0 heterocycles. The summed E-state index contributed by atoms with van der Waals surface area (Å²) in [4.78, 5) is 4.20. The standard InChI is InChI=1S/C14H24N4O2S/c1-4-18(21(3,19)20)10-6-9-16-14(15)17-13-8-5-7-12(2)11-13/h5,7-8,11H,4,6,9-10H2,1-3H3,(H3,15,16,17). The van der Waals surface area contributed by atoms with Crippen molar-refractivity contribution in [1.82, 2.24) is 4.31 Å². The van der Waals surface area contributed by atoms with Gasteiger partial charge in [0, 0.05) is 25.3 Å². The van der Waals surface area contributed by atoms with Crippen LogP contribution in [0, 0.1) is 6.92 Å². The third-order valence-electron chi connectivity index (χ3n) is 2.96. The molecule has 0 aromatic heterocycles. The molecule has 0 saturated heterocycles. The third kappa shape index (κ3) is 6.59. The molecule has 1 aromatic carbocycles. The molecule has 3 N–H and O–H groups in total. The molecule has 7 heteroatoms.